The van der Waals surface area contributed by atoms with Gasteiger partial charge in [0.2, 0.25) is 5.91 Å². The molecular weight excluding hydrogens is 384 g/mol. The smallest absolute Gasteiger partial charge is 0.278 e. The lowest BCUT2D eigenvalue weighted by molar-refractivity contribution is -0.117. The minimum Gasteiger partial charge on any atom is -0.354 e. The monoisotopic (exact) mass is 404 g/mol. The van der Waals surface area contributed by atoms with Crippen molar-refractivity contribution >= 4 is 38.8 Å². The zero-order chi connectivity index (χ0) is 20.3. The average molecular weight is 404 g/mol. The maximum Gasteiger partial charge on any atom is 0.278 e. The molecule has 1 aromatic carbocycles. The molecule has 0 bridgehead atoms. The van der Waals surface area contributed by atoms with E-state index in [9.17, 15) is 18.0 Å². The minimum atomic E-state index is -3.50. The Balaban J connectivity index is 1.99. The second-order valence-corrected chi connectivity index (χ2v) is 8.39. The number of nitrogens with one attached hydrogen (secondary N) is 3. The Hall–Kier alpha value is -2.98. The van der Waals surface area contributed by atoms with Crippen LogP contribution in [0.1, 0.15) is 23.2 Å². The summed E-state index contributed by atoms with van der Waals surface area (Å²) in [5, 5.41) is 5.66. The highest BCUT2D eigenvalue weighted by Crippen LogP contribution is 2.31. The molecule has 0 saturated heterocycles. The van der Waals surface area contributed by atoms with Crippen LogP contribution < -0.4 is 16.1 Å². The topological polar surface area (TPSA) is 126 Å². The fourth-order valence-corrected chi connectivity index (χ4v) is 3.41. The van der Waals surface area contributed by atoms with E-state index in [0.29, 0.717) is 5.69 Å². The summed E-state index contributed by atoms with van der Waals surface area (Å²) in [6.07, 6.45) is 4.06. The molecule has 2 amide bonds. The molecule has 2 aromatic rings. The largest absolute Gasteiger partial charge is 0.354 e. The van der Waals surface area contributed by atoms with E-state index >= 15 is 0 Å². The maximum atomic E-state index is 12.3. The molecule has 0 atom stereocenters. The van der Waals surface area contributed by atoms with Gasteiger partial charge in [0, 0.05) is 24.4 Å². The molecule has 148 valence electrons. The van der Waals surface area contributed by atoms with Crippen LogP contribution in [0.25, 0.3) is 0 Å². The van der Waals surface area contributed by atoms with Crippen molar-refractivity contribution in [2.75, 3.05) is 24.0 Å². The molecule has 1 aromatic heterocycles. The average Bonchev–Trinajstić information content (AvgIpc) is 3.47. The lowest BCUT2D eigenvalue weighted by atomic mass is 10.2. The zero-order valence-electron chi connectivity index (χ0n) is 15.4. The van der Waals surface area contributed by atoms with E-state index in [4.69, 9.17) is 0 Å². The SMILES string of the molecule is CONC(=O)c1cnc(NC(=O)C2CC2)cc1Nc1ccccc1S(C)(=O)=O. The van der Waals surface area contributed by atoms with E-state index in [1.165, 1.54) is 25.4 Å². The Morgan fingerprint density at radius 2 is 1.89 bits per heavy atom. The molecule has 28 heavy (non-hydrogen) atoms. The maximum absolute atomic E-state index is 12.3. The molecule has 0 spiro atoms. The molecule has 1 aliphatic carbocycles. The predicted octanol–water partition coefficient (Wildman–Crippen LogP) is 1.87. The van der Waals surface area contributed by atoms with E-state index in [-0.39, 0.29) is 33.8 Å². The molecule has 1 saturated carbocycles. The number of sulfone groups is 1. The normalized spacial score (nSPS) is 13.6. The number of nitrogens with zero attached hydrogens (tertiary/aromatic N) is 1. The number of rotatable bonds is 7. The first kappa shape index (κ1) is 19.8. The van der Waals surface area contributed by atoms with Crippen molar-refractivity contribution in [3.05, 3.63) is 42.1 Å². The fraction of sp³-hybridized carbons (Fsp3) is 0.278. The van der Waals surface area contributed by atoms with Gasteiger partial charge in [0.1, 0.15) is 5.82 Å². The van der Waals surface area contributed by atoms with Crippen LogP contribution in [0.2, 0.25) is 0 Å². The van der Waals surface area contributed by atoms with Crippen molar-refractivity contribution in [1.82, 2.24) is 10.5 Å². The van der Waals surface area contributed by atoms with Crippen molar-refractivity contribution in [2.24, 2.45) is 5.92 Å². The number of amides is 2. The first-order chi connectivity index (χ1) is 13.3. The van der Waals surface area contributed by atoms with Crippen LogP contribution in [0.15, 0.2) is 41.4 Å². The van der Waals surface area contributed by atoms with Gasteiger partial charge in [0.15, 0.2) is 9.84 Å². The van der Waals surface area contributed by atoms with Gasteiger partial charge in [-0.15, -0.1) is 0 Å². The molecule has 3 N–H and O–H groups in total. The quantitative estimate of drug-likeness (QED) is 0.601. The Morgan fingerprint density at radius 1 is 1.18 bits per heavy atom. The fourth-order valence-electron chi connectivity index (χ4n) is 2.57. The number of carbonyl (C=O) groups excluding carboxylic acids is 2. The number of aromatic nitrogens is 1. The van der Waals surface area contributed by atoms with Crippen LogP contribution in [0, 0.1) is 5.92 Å². The number of carbonyl (C=O) groups is 2. The van der Waals surface area contributed by atoms with Crippen molar-refractivity contribution in [2.45, 2.75) is 17.7 Å². The lowest BCUT2D eigenvalue weighted by Gasteiger charge is -2.15. The second-order valence-electron chi connectivity index (χ2n) is 6.41. The Morgan fingerprint density at radius 3 is 2.54 bits per heavy atom. The second kappa shape index (κ2) is 7.95. The number of hydroxylamine groups is 1. The van der Waals surface area contributed by atoms with Crippen LogP contribution in [-0.4, -0.2) is 38.6 Å². The molecule has 0 radical (unpaired) electrons. The standard InChI is InChI=1S/C18H20N4O5S/c1-27-22-18(24)12-10-19-16(21-17(23)11-7-8-11)9-14(12)20-13-5-3-4-6-15(13)28(2,25)26/h3-6,9-11H,7-8H2,1-2H3,(H,22,24)(H2,19,20,21,23). The number of hydrogen-bond donors (Lipinski definition) is 3. The highest BCUT2D eigenvalue weighted by atomic mass is 32.2. The van der Waals surface area contributed by atoms with Gasteiger partial charge in [0.05, 0.1) is 28.9 Å². The van der Waals surface area contributed by atoms with Gasteiger partial charge >= 0.3 is 0 Å². The van der Waals surface area contributed by atoms with E-state index in [1.54, 1.807) is 18.2 Å². The van der Waals surface area contributed by atoms with Gasteiger partial charge in [-0.3, -0.25) is 14.4 Å². The molecule has 9 nitrogen and oxygen atoms in total. The van der Waals surface area contributed by atoms with E-state index in [0.717, 1.165) is 19.1 Å². The van der Waals surface area contributed by atoms with Crippen molar-refractivity contribution < 1.29 is 22.8 Å². The summed E-state index contributed by atoms with van der Waals surface area (Å²) in [6, 6.07) is 7.79. The molecule has 1 heterocycles. The summed E-state index contributed by atoms with van der Waals surface area (Å²) in [7, 11) is -2.21. The summed E-state index contributed by atoms with van der Waals surface area (Å²) in [6.45, 7) is 0. The van der Waals surface area contributed by atoms with Gasteiger partial charge in [-0.1, -0.05) is 12.1 Å². The summed E-state index contributed by atoms with van der Waals surface area (Å²) in [5.74, 6) is -0.468. The van der Waals surface area contributed by atoms with Crippen LogP contribution in [-0.2, 0) is 19.5 Å². The third kappa shape index (κ3) is 4.65. The minimum absolute atomic E-state index is 0.0133. The van der Waals surface area contributed by atoms with Crippen molar-refractivity contribution in [3.63, 3.8) is 0 Å². The van der Waals surface area contributed by atoms with E-state index in [1.807, 2.05) is 0 Å². The van der Waals surface area contributed by atoms with Gasteiger partial charge in [-0.05, 0) is 25.0 Å². The van der Waals surface area contributed by atoms with Crippen molar-refractivity contribution in [1.29, 1.82) is 0 Å². The number of benzene rings is 1. The summed E-state index contributed by atoms with van der Waals surface area (Å²) >= 11 is 0. The summed E-state index contributed by atoms with van der Waals surface area (Å²) in [5.41, 5.74) is 2.88. The Bertz CT molecular complexity index is 1020. The van der Waals surface area contributed by atoms with Gasteiger partial charge in [-0.25, -0.2) is 18.9 Å². The van der Waals surface area contributed by atoms with Gasteiger partial charge in [0.25, 0.3) is 5.91 Å². The number of anilines is 3. The zero-order valence-corrected chi connectivity index (χ0v) is 16.2. The Labute approximate surface area is 162 Å². The highest BCUT2D eigenvalue weighted by Gasteiger charge is 2.30. The molecule has 3 rings (SSSR count). The number of para-hydroxylation sites is 1. The molecule has 0 aliphatic heterocycles. The Kier molecular flexibility index (Phi) is 5.61. The molecule has 10 heteroatoms. The predicted molar refractivity (Wildman–Crippen MR) is 103 cm³/mol. The van der Waals surface area contributed by atoms with E-state index in [2.05, 4.69) is 25.9 Å². The molecular formula is C18H20N4O5S. The molecule has 0 unspecified atom stereocenters. The lowest BCUT2D eigenvalue weighted by Crippen LogP contribution is -2.23. The third-order valence-corrected chi connectivity index (χ3v) is 5.25. The van der Waals surface area contributed by atoms with Gasteiger partial charge in [-0.2, -0.15) is 0 Å². The summed E-state index contributed by atoms with van der Waals surface area (Å²) < 4.78 is 24.1. The summed E-state index contributed by atoms with van der Waals surface area (Å²) in [4.78, 5) is 33.1. The van der Waals surface area contributed by atoms with Crippen LogP contribution in [0.3, 0.4) is 0 Å². The van der Waals surface area contributed by atoms with Crippen LogP contribution >= 0.6 is 0 Å². The highest BCUT2D eigenvalue weighted by molar-refractivity contribution is 7.90. The first-order valence-electron chi connectivity index (χ1n) is 8.50. The molecule has 1 aliphatic rings. The van der Waals surface area contributed by atoms with Crippen LogP contribution in [0.5, 0.6) is 0 Å². The van der Waals surface area contributed by atoms with Crippen LogP contribution in [0.4, 0.5) is 17.2 Å². The van der Waals surface area contributed by atoms with Gasteiger partial charge < -0.3 is 10.6 Å². The van der Waals surface area contributed by atoms with E-state index < -0.39 is 15.7 Å². The molecule has 1 fully saturated rings. The van der Waals surface area contributed by atoms with Crippen molar-refractivity contribution in [3.8, 4) is 0 Å². The number of pyridine rings is 1. The third-order valence-electron chi connectivity index (χ3n) is 4.10. The first-order valence-corrected chi connectivity index (χ1v) is 10.4. The number of hydrogen-bond acceptors (Lipinski definition) is 7.